The quantitative estimate of drug-likeness (QED) is 0.649. The van der Waals surface area contributed by atoms with Crippen LogP contribution in [0.4, 0.5) is 8.78 Å². The third-order valence-corrected chi connectivity index (χ3v) is 2.39. The van der Waals surface area contributed by atoms with E-state index in [0.29, 0.717) is 13.1 Å². The van der Waals surface area contributed by atoms with Crippen molar-refractivity contribution in [2.45, 2.75) is 18.8 Å². The number of rotatable bonds is 1. The molecule has 0 radical (unpaired) electrons. The topological polar surface area (TPSA) is 8.17 Å². The van der Waals surface area contributed by atoms with Gasteiger partial charge in [-0.3, -0.25) is 4.68 Å². The molecule has 4 heteroatoms. The van der Waals surface area contributed by atoms with Crippen LogP contribution in [-0.4, -0.2) is 23.7 Å². The highest BCUT2D eigenvalue weighted by molar-refractivity contribution is 5.00. The van der Waals surface area contributed by atoms with Gasteiger partial charge in [-0.05, 0) is 12.1 Å². The molecule has 1 aromatic rings. The number of nitrogens with zero attached hydrogens (tertiary/aromatic N) is 2. The zero-order valence-electron chi connectivity index (χ0n) is 7.29. The van der Waals surface area contributed by atoms with Crippen molar-refractivity contribution in [1.29, 1.82) is 0 Å². The summed E-state index contributed by atoms with van der Waals surface area (Å²) in [5.74, 6) is -2.45. The second-order valence-electron chi connectivity index (χ2n) is 3.37. The number of aromatic nitrogens is 1. The molecular weight excluding hydrogens is 174 g/mol. The maximum atomic E-state index is 12.8. The van der Waals surface area contributed by atoms with Gasteiger partial charge in [0, 0.05) is 38.3 Å². The summed E-state index contributed by atoms with van der Waals surface area (Å²) in [6.45, 7) is 0.864. The van der Waals surface area contributed by atoms with Gasteiger partial charge < -0.3 is 5.01 Å². The third-order valence-electron chi connectivity index (χ3n) is 2.39. The second kappa shape index (κ2) is 3.01. The van der Waals surface area contributed by atoms with E-state index in [1.807, 2.05) is 34.2 Å². The molecule has 0 amide bonds. The smallest absolute Gasteiger partial charge is 0.251 e. The molecule has 0 atom stereocenters. The number of halogens is 2. The highest BCUT2D eigenvalue weighted by atomic mass is 19.3. The van der Waals surface area contributed by atoms with Crippen LogP contribution in [-0.2, 0) is 0 Å². The minimum Gasteiger partial charge on any atom is -0.313 e. The van der Waals surface area contributed by atoms with Crippen LogP contribution in [0.25, 0.3) is 0 Å². The van der Waals surface area contributed by atoms with Crippen molar-refractivity contribution in [2.24, 2.45) is 0 Å². The Bertz CT molecular complexity index is 259. The molecule has 1 aromatic heterocycles. The van der Waals surface area contributed by atoms with Gasteiger partial charge in [0.25, 0.3) is 5.92 Å². The van der Waals surface area contributed by atoms with E-state index in [2.05, 4.69) is 0 Å². The lowest BCUT2D eigenvalue weighted by atomic mass is 10.1. The number of alkyl halides is 2. The molecule has 0 aliphatic carbocycles. The predicted molar refractivity (Wildman–Crippen MR) is 46.6 cm³/mol. The van der Waals surface area contributed by atoms with E-state index in [9.17, 15) is 8.78 Å². The highest BCUT2D eigenvalue weighted by Crippen LogP contribution is 2.26. The normalized spacial score (nSPS) is 21.8. The molecule has 2 nitrogen and oxygen atoms in total. The molecule has 2 rings (SSSR count). The van der Waals surface area contributed by atoms with Crippen molar-refractivity contribution in [3.8, 4) is 0 Å². The fourth-order valence-corrected chi connectivity index (χ4v) is 1.57. The van der Waals surface area contributed by atoms with E-state index >= 15 is 0 Å². The lowest BCUT2D eigenvalue weighted by Crippen LogP contribution is -2.44. The molecule has 1 saturated heterocycles. The van der Waals surface area contributed by atoms with Crippen LogP contribution < -0.4 is 5.01 Å². The third kappa shape index (κ3) is 1.82. The Morgan fingerprint density at radius 3 is 2.08 bits per heavy atom. The van der Waals surface area contributed by atoms with Gasteiger partial charge in [0.15, 0.2) is 0 Å². The van der Waals surface area contributed by atoms with E-state index in [-0.39, 0.29) is 12.8 Å². The number of hydrogen-bond donors (Lipinski definition) is 0. The van der Waals surface area contributed by atoms with Gasteiger partial charge in [-0.25, -0.2) is 8.78 Å². The molecule has 2 heterocycles. The molecule has 0 N–H and O–H groups in total. The maximum absolute atomic E-state index is 12.8. The van der Waals surface area contributed by atoms with E-state index in [1.165, 1.54) is 0 Å². The Hall–Kier alpha value is -1.06. The Kier molecular flexibility index (Phi) is 1.98. The van der Waals surface area contributed by atoms with Crippen LogP contribution in [0, 0.1) is 0 Å². The molecular formula is C9H12F2N2. The van der Waals surface area contributed by atoms with E-state index < -0.39 is 5.92 Å². The van der Waals surface area contributed by atoms with E-state index in [1.54, 1.807) is 0 Å². The van der Waals surface area contributed by atoms with Crippen LogP contribution in [0.3, 0.4) is 0 Å². The summed E-state index contributed by atoms with van der Waals surface area (Å²) in [6.07, 6.45) is 3.68. The first-order valence-corrected chi connectivity index (χ1v) is 4.43. The molecule has 0 aromatic carbocycles. The van der Waals surface area contributed by atoms with Crippen molar-refractivity contribution in [1.82, 2.24) is 4.68 Å². The maximum Gasteiger partial charge on any atom is 0.251 e. The fraction of sp³-hybridized carbons (Fsp3) is 0.556. The molecule has 13 heavy (non-hydrogen) atoms. The molecule has 0 spiro atoms. The molecule has 1 fully saturated rings. The van der Waals surface area contributed by atoms with E-state index in [0.717, 1.165) is 0 Å². The summed E-state index contributed by atoms with van der Waals surface area (Å²) in [7, 11) is 0. The van der Waals surface area contributed by atoms with Gasteiger partial charge in [0.2, 0.25) is 0 Å². The molecule has 72 valence electrons. The average Bonchev–Trinajstić information content (AvgIpc) is 2.56. The zero-order valence-corrected chi connectivity index (χ0v) is 7.29. The summed E-state index contributed by atoms with van der Waals surface area (Å²) < 4.78 is 27.4. The Labute approximate surface area is 75.7 Å². The second-order valence-corrected chi connectivity index (χ2v) is 3.37. The average molecular weight is 186 g/mol. The van der Waals surface area contributed by atoms with Gasteiger partial charge in [-0.1, -0.05) is 0 Å². The number of piperidine rings is 1. The molecule has 0 saturated carbocycles. The number of hydrogen-bond acceptors (Lipinski definition) is 1. The summed E-state index contributed by atoms with van der Waals surface area (Å²) in [4.78, 5) is 0. The van der Waals surface area contributed by atoms with Gasteiger partial charge in [-0.2, -0.15) is 0 Å². The van der Waals surface area contributed by atoms with Crippen LogP contribution in [0.1, 0.15) is 12.8 Å². The first-order valence-electron chi connectivity index (χ1n) is 4.43. The predicted octanol–water partition coefficient (Wildman–Crippen LogP) is 1.86. The van der Waals surface area contributed by atoms with Crippen molar-refractivity contribution in [2.75, 3.05) is 18.1 Å². The van der Waals surface area contributed by atoms with Crippen LogP contribution in [0.2, 0.25) is 0 Å². The lowest BCUT2D eigenvalue weighted by Gasteiger charge is -2.33. The van der Waals surface area contributed by atoms with Crippen molar-refractivity contribution < 1.29 is 8.78 Å². The molecule has 1 aliphatic heterocycles. The Morgan fingerprint density at radius 1 is 1.00 bits per heavy atom. The van der Waals surface area contributed by atoms with Gasteiger partial charge in [0.05, 0.1) is 0 Å². The standard InChI is InChI=1S/C9H12F2N2/c10-9(11)3-7-13(8-4-9)12-5-1-2-6-12/h1-2,5-6H,3-4,7-8H2. The first kappa shape index (κ1) is 8.53. The highest BCUT2D eigenvalue weighted by Gasteiger charge is 2.33. The SMILES string of the molecule is FC1(F)CCN(n2cccc2)CC1. The van der Waals surface area contributed by atoms with Crippen LogP contribution >= 0.6 is 0 Å². The van der Waals surface area contributed by atoms with Gasteiger partial charge in [-0.15, -0.1) is 0 Å². The van der Waals surface area contributed by atoms with Crippen LogP contribution in [0.5, 0.6) is 0 Å². The summed E-state index contributed by atoms with van der Waals surface area (Å²) in [5, 5.41) is 1.93. The van der Waals surface area contributed by atoms with Gasteiger partial charge >= 0.3 is 0 Å². The molecule has 1 aliphatic rings. The molecule has 0 unspecified atom stereocenters. The Balaban J connectivity index is 1.99. The minimum absolute atomic E-state index is 0.0365. The molecule has 0 bridgehead atoms. The minimum atomic E-state index is -2.45. The monoisotopic (exact) mass is 186 g/mol. The largest absolute Gasteiger partial charge is 0.313 e. The van der Waals surface area contributed by atoms with Gasteiger partial charge in [0.1, 0.15) is 0 Å². The van der Waals surface area contributed by atoms with Crippen molar-refractivity contribution in [3.63, 3.8) is 0 Å². The lowest BCUT2D eigenvalue weighted by molar-refractivity contribution is -0.0258. The van der Waals surface area contributed by atoms with E-state index in [4.69, 9.17) is 0 Å². The zero-order chi connectivity index (χ0) is 9.31. The summed E-state index contributed by atoms with van der Waals surface area (Å²) in [6, 6.07) is 3.79. The van der Waals surface area contributed by atoms with Crippen LogP contribution in [0.15, 0.2) is 24.5 Å². The van der Waals surface area contributed by atoms with Crippen molar-refractivity contribution in [3.05, 3.63) is 24.5 Å². The fourth-order valence-electron chi connectivity index (χ4n) is 1.57. The summed E-state index contributed by atoms with van der Waals surface area (Å²) in [5.41, 5.74) is 0. The van der Waals surface area contributed by atoms with Crippen molar-refractivity contribution >= 4 is 0 Å². The first-order chi connectivity index (χ1) is 6.17. The Morgan fingerprint density at radius 2 is 1.54 bits per heavy atom. The summed E-state index contributed by atoms with van der Waals surface area (Å²) >= 11 is 0.